The molecule has 0 unspecified atom stereocenters. The molecule has 2 aromatic carbocycles. The lowest BCUT2D eigenvalue weighted by molar-refractivity contribution is 0.107. The summed E-state index contributed by atoms with van der Waals surface area (Å²) in [5, 5.41) is 0.732. The largest absolute Gasteiger partial charge is 0.493 e. The van der Waals surface area contributed by atoms with Gasteiger partial charge in [0.1, 0.15) is 5.75 Å². The summed E-state index contributed by atoms with van der Waals surface area (Å²) in [5.74, 6) is 0.792. The molecule has 0 saturated carbocycles. The number of ether oxygens (including phenoxy) is 2. The van der Waals surface area contributed by atoms with Crippen LogP contribution in [0.25, 0.3) is 0 Å². The van der Waals surface area contributed by atoms with E-state index < -0.39 is 0 Å². The van der Waals surface area contributed by atoms with Crippen LogP contribution in [0.3, 0.4) is 0 Å². The minimum atomic E-state index is 0.568. The fourth-order valence-corrected chi connectivity index (χ4v) is 1.98. The van der Waals surface area contributed by atoms with Gasteiger partial charge in [0.25, 0.3) is 0 Å². The van der Waals surface area contributed by atoms with Crippen LogP contribution in [0.2, 0.25) is 5.02 Å². The zero-order valence-electron chi connectivity index (χ0n) is 11.2. The molecule has 0 saturated heterocycles. The fraction of sp³-hybridized carbons (Fsp3) is 0.250. The van der Waals surface area contributed by atoms with Crippen LogP contribution in [-0.4, -0.2) is 13.2 Å². The number of anilines is 1. The zero-order valence-corrected chi connectivity index (χ0v) is 12.0. The molecule has 2 rings (SSSR count). The van der Waals surface area contributed by atoms with Gasteiger partial charge in [-0.15, -0.1) is 0 Å². The smallest absolute Gasteiger partial charge is 0.121 e. The molecule has 0 spiro atoms. The summed E-state index contributed by atoms with van der Waals surface area (Å²) in [6.07, 6.45) is 0.829. The highest BCUT2D eigenvalue weighted by atomic mass is 35.5. The van der Waals surface area contributed by atoms with E-state index >= 15 is 0 Å². The van der Waals surface area contributed by atoms with Gasteiger partial charge in [-0.2, -0.15) is 0 Å². The molecule has 2 aromatic rings. The maximum Gasteiger partial charge on any atom is 0.121 e. The van der Waals surface area contributed by atoms with Crippen molar-refractivity contribution in [3.8, 4) is 5.75 Å². The Kier molecular flexibility index (Phi) is 5.71. The predicted octanol–water partition coefficient (Wildman–Crippen LogP) is 3.91. The summed E-state index contributed by atoms with van der Waals surface area (Å²) < 4.78 is 11.2. The monoisotopic (exact) mass is 291 g/mol. The van der Waals surface area contributed by atoms with E-state index in [9.17, 15) is 0 Å². The molecule has 0 radical (unpaired) electrons. The Morgan fingerprint density at radius 1 is 1.00 bits per heavy atom. The van der Waals surface area contributed by atoms with Crippen molar-refractivity contribution in [1.82, 2.24) is 0 Å². The highest BCUT2D eigenvalue weighted by Gasteiger charge is 1.97. The van der Waals surface area contributed by atoms with Crippen LogP contribution in [0.5, 0.6) is 5.75 Å². The number of rotatable bonds is 7. The lowest BCUT2D eigenvalue weighted by atomic mass is 10.2. The normalized spacial score (nSPS) is 10.4. The Balaban J connectivity index is 1.60. The Bertz CT molecular complexity index is 496. The van der Waals surface area contributed by atoms with Crippen LogP contribution >= 0.6 is 11.6 Å². The van der Waals surface area contributed by atoms with E-state index in [2.05, 4.69) is 0 Å². The third-order valence-corrected chi connectivity index (χ3v) is 2.95. The van der Waals surface area contributed by atoms with Crippen LogP contribution in [-0.2, 0) is 11.3 Å². The standard InChI is InChI=1S/C16H18ClNO2/c17-14-5-1-4-13(10-14)12-19-8-3-9-20-16-7-2-6-15(18)11-16/h1-2,4-7,10-11H,3,8-9,12,18H2. The quantitative estimate of drug-likeness (QED) is 0.621. The Morgan fingerprint density at radius 3 is 2.65 bits per heavy atom. The van der Waals surface area contributed by atoms with Crippen LogP contribution in [0.1, 0.15) is 12.0 Å². The number of nitrogens with two attached hydrogens (primary N) is 1. The van der Waals surface area contributed by atoms with Crippen molar-refractivity contribution in [2.75, 3.05) is 18.9 Å². The first kappa shape index (κ1) is 14.7. The van der Waals surface area contributed by atoms with Crippen LogP contribution < -0.4 is 10.5 Å². The Hall–Kier alpha value is -1.71. The van der Waals surface area contributed by atoms with Gasteiger partial charge in [0.2, 0.25) is 0 Å². The van der Waals surface area contributed by atoms with E-state index in [1.807, 2.05) is 48.5 Å². The highest BCUT2D eigenvalue weighted by Crippen LogP contribution is 2.14. The second-order valence-corrected chi connectivity index (χ2v) is 4.89. The average molecular weight is 292 g/mol. The van der Waals surface area contributed by atoms with Crippen molar-refractivity contribution < 1.29 is 9.47 Å². The van der Waals surface area contributed by atoms with E-state index in [1.165, 1.54) is 0 Å². The summed E-state index contributed by atoms with van der Waals surface area (Å²) in [7, 11) is 0. The van der Waals surface area contributed by atoms with E-state index in [1.54, 1.807) is 0 Å². The second-order valence-electron chi connectivity index (χ2n) is 4.46. The number of benzene rings is 2. The molecule has 0 atom stereocenters. The predicted molar refractivity (Wildman–Crippen MR) is 82.1 cm³/mol. The van der Waals surface area contributed by atoms with Gasteiger partial charge in [0, 0.05) is 23.2 Å². The first-order valence-electron chi connectivity index (χ1n) is 6.54. The molecular formula is C16H18ClNO2. The van der Waals surface area contributed by atoms with Crippen molar-refractivity contribution in [2.24, 2.45) is 0 Å². The average Bonchev–Trinajstić information content (AvgIpc) is 2.43. The van der Waals surface area contributed by atoms with Crippen LogP contribution in [0, 0.1) is 0 Å². The van der Waals surface area contributed by atoms with Gasteiger partial charge in [-0.05, 0) is 29.8 Å². The van der Waals surface area contributed by atoms with E-state index in [-0.39, 0.29) is 0 Å². The lowest BCUT2D eigenvalue weighted by Gasteiger charge is -2.07. The number of nitrogen functional groups attached to an aromatic ring is 1. The minimum Gasteiger partial charge on any atom is -0.493 e. The van der Waals surface area contributed by atoms with Gasteiger partial charge < -0.3 is 15.2 Å². The van der Waals surface area contributed by atoms with Crippen LogP contribution in [0.4, 0.5) is 5.69 Å². The first-order valence-corrected chi connectivity index (χ1v) is 6.92. The molecule has 2 N–H and O–H groups in total. The molecule has 4 heteroatoms. The third kappa shape index (κ3) is 5.11. The summed E-state index contributed by atoms with van der Waals surface area (Å²) >= 11 is 5.90. The van der Waals surface area contributed by atoms with Crippen molar-refractivity contribution >= 4 is 17.3 Å². The summed E-state index contributed by atoms with van der Waals surface area (Å²) in [5.41, 5.74) is 7.46. The Labute approximate surface area is 124 Å². The van der Waals surface area contributed by atoms with E-state index in [4.69, 9.17) is 26.8 Å². The van der Waals surface area contributed by atoms with E-state index in [0.29, 0.717) is 25.5 Å². The highest BCUT2D eigenvalue weighted by molar-refractivity contribution is 6.30. The van der Waals surface area contributed by atoms with Crippen LogP contribution in [0.15, 0.2) is 48.5 Å². The third-order valence-electron chi connectivity index (χ3n) is 2.72. The van der Waals surface area contributed by atoms with Gasteiger partial charge in [-0.1, -0.05) is 29.8 Å². The molecule has 0 amide bonds. The lowest BCUT2D eigenvalue weighted by Crippen LogP contribution is -2.03. The maximum absolute atomic E-state index is 5.90. The van der Waals surface area contributed by atoms with Crippen molar-refractivity contribution in [2.45, 2.75) is 13.0 Å². The topological polar surface area (TPSA) is 44.5 Å². The molecule has 0 aliphatic carbocycles. The van der Waals surface area contributed by atoms with E-state index in [0.717, 1.165) is 22.8 Å². The molecule has 0 fully saturated rings. The summed E-state index contributed by atoms with van der Waals surface area (Å²) in [6, 6.07) is 15.1. The van der Waals surface area contributed by atoms with Crippen molar-refractivity contribution in [3.05, 3.63) is 59.1 Å². The SMILES string of the molecule is Nc1cccc(OCCCOCc2cccc(Cl)c2)c1. The number of halogens is 1. The molecule has 0 aliphatic heterocycles. The van der Waals surface area contributed by atoms with Gasteiger partial charge in [0.15, 0.2) is 0 Å². The zero-order chi connectivity index (χ0) is 14.2. The number of hydrogen-bond donors (Lipinski definition) is 1. The molecule has 0 aliphatic rings. The summed E-state index contributed by atoms with van der Waals surface area (Å²) in [4.78, 5) is 0. The molecular weight excluding hydrogens is 274 g/mol. The summed E-state index contributed by atoms with van der Waals surface area (Å²) in [6.45, 7) is 1.83. The molecule has 3 nitrogen and oxygen atoms in total. The second kappa shape index (κ2) is 7.78. The van der Waals surface area contributed by atoms with Crippen molar-refractivity contribution in [3.63, 3.8) is 0 Å². The number of hydrogen-bond acceptors (Lipinski definition) is 3. The van der Waals surface area contributed by atoms with Gasteiger partial charge in [-0.25, -0.2) is 0 Å². The van der Waals surface area contributed by atoms with Gasteiger partial charge in [-0.3, -0.25) is 0 Å². The Morgan fingerprint density at radius 2 is 1.85 bits per heavy atom. The molecule has 0 bridgehead atoms. The maximum atomic E-state index is 5.90. The van der Waals surface area contributed by atoms with Gasteiger partial charge >= 0.3 is 0 Å². The minimum absolute atomic E-state index is 0.568. The molecule has 0 heterocycles. The fourth-order valence-electron chi connectivity index (χ4n) is 1.77. The molecule has 0 aromatic heterocycles. The molecule has 20 heavy (non-hydrogen) atoms. The first-order chi connectivity index (χ1) is 9.74. The van der Waals surface area contributed by atoms with Gasteiger partial charge in [0.05, 0.1) is 19.8 Å². The molecule has 106 valence electrons. The van der Waals surface area contributed by atoms with Crippen molar-refractivity contribution in [1.29, 1.82) is 0 Å².